The van der Waals surface area contributed by atoms with E-state index >= 15 is 0 Å². The molecule has 18 heavy (non-hydrogen) atoms. The number of piperidine rings is 1. The Labute approximate surface area is 103 Å². The van der Waals surface area contributed by atoms with Gasteiger partial charge >= 0.3 is 5.97 Å². The first-order chi connectivity index (χ1) is 8.74. The lowest BCUT2D eigenvalue weighted by atomic mass is 9.92. The van der Waals surface area contributed by atoms with Crippen molar-refractivity contribution in [2.24, 2.45) is 5.92 Å². The maximum Gasteiger partial charge on any atom is 0.306 e. The average molecular weight is 247 g/mol. The number of rotatable bonds is 2. The van der Waals surface area contributed by atoms with Gasteiger partial charge in [0.2, 0.25) is 0 Å². The monoisotopic (exact) mass is 247 g/mol. The summed E-state index contributed by atoms with van der Waals surface area (Å²) < 4.78 is 0. The molecule has 1 fully saturated rings. The Hall–Kier alpha value is -2.02. The number of fused-ring (bicyclic) bond motifs is 1. The molecule has 1 aliphatic rings. The van der Waals surface area contributed by atoms with E-state index in [1.165, 1.54) is 0 Å². The molecule has 3 heterocycles. The molecule has 0 aromatic carbocycles. The van der Waals surface area contributed by atoms with Crippen LogP contribution in [0.1, 0.15) is 24.7 Å². The summed E-state index contributed by atoms with van der Waals surface area (Å²) >= 11 is 0. The fraction of sp³-hybridized carbons (Fsp3) is 0.455. The summed E-state index contributed by atoms with van der Waals surface area (Å²) in [6.07, 6.45) is 4.49. The standard InChI is InChI=1S/C11H13N5O2/c17-11(18)6-1-2-12-7(3-6)10-13-4-9-8(15-10)5-14-16-9/h4-7,12H,1-3H2,(H,14,16)(H,17,18). The Morgan fingerprint density at radius 3 is 3.17 bits per heavy atom. The normalized spacial score (nSPS) is 24.2. The molecule has 3 N–H and O–H groups in total. The van der Waals surface area contributed by atoms with Crippen molar-refractivity contribution in [1.29, 1.82) is 0 Å². The number of nitrogens with zero attached hydrogens (tertiary/aromatic N) is 3. The fourth-order valence-electron chi connectivity index (χ4n) is 2.26. The molecule has 2 aromatic rings. The van der Waals surface area contributed by atoms with E-state index in [0.29, 0.717) is 25.2 Å². The molecule has 2 aromatic heterocycles. The zero-order chi connectivity index (χ0) is 12.5. The number of aromatic nitrogens is 4. The number of carboxylic acids is 1. The number of aromatic amines is 1. The van der Waals surface area contributed by atoms with E-state index in [1.54, 1.807) is 12.4 Å². The van der Waals surface area contributed by atoms with Crippen molar-refractivity contribution in [3.8, 4) is 0 Å². The lowest BCUT2D eigenvalue weighted by Gasteiger charge is -2.26. The van der Waals surface area contributed by atoms with Gasteiger partial charge in [-0.05, 0) is 19.4 Å². The van der Waals surface area contributed by atoms with Gasteiger partial charge < -0.3 is 10.4 Å². The van der Waals surface area contributed by atoms with Crippen molar-refractivity contribution in [3.63, 3.8) is 0 Å². The summed E-state index contributed by atoms with van der Waals surface area (Å²) in [4.78, 5) is 19.7. The highest BCUT2D eigenvalue weighted by Gasteiger charge is 2.29. The Morgan fingerprint density at radius 1 is 1.44 bits per heavy atom. The van der Waals surface area contributed by atoms with Gasteiger partial charge in [0.1, 0.15) is 16.9 Å². The number of carbonyl (C=O) groups is 1. The van der Waals surface area contributed by atoms with E-state index in [-0.39, 0.29) is 12.0 Å². The molecule has 0 amide bonds. The van der Waals surface area contributed by atoms with Crippen LogP contribution in [0.15, 0.2) is 12.4 Å². The first-order valence-electron chi connectivity index (χ1n) is 5.86. The molecule has 0 saturated carbocycles. The molecule has 0 spiro atoms. The molecule has 2 unspecified atom stereocenters. The number of carboxylic acid groups (broad SMARTS) is 1. The van der Waals surface area contributed by atoms with E-state index in [4.69, 9.17) is 5.11 Å². The molecular weight excluding hydrogens is 234 g/mol. The second-order valence-electron chi connectivity index (χ2n) is 4.46. The van der Waals surface area contributed by atoms with E-state index in [1.807, 2.05) is 0 Å². The van der Waals surface area contributed by atoms with Crippen molar-refractivity contribution >= 4 is 17.0 Å². The maximum atomic E-state index is 11.0. The third kappa shape index (κ3) is 1.92. The first kappa shape index (κ1) is 11.1. The van der Waals surface area contributed by atoms with Gasteiger partial charge in [0.05, 0.1) is 24.4 Å². The van der Waals surface area contributed by atoms with Crippen LogP contribution >= 0.6 is 0 Å². The smallest absolute Gasteiger partial charge is 0.306 e. The van der Waals surface area contributed by atoms with Crippen LogP contribution in [0.25, 0.3) is 11.0 Å². The highest BCUT2D eigenvalue weighted by molar-refractivity contribution is 5.72. The van der Waals surface area contributed by atoms with Crippen molar-refractivity contribution in [2.45, 2.75) is 18.9 Å². The van der Waals surface area contributed by atoms with Gasteiger partial charge in [0, 0.05) is 0 Å². The molecule has 0 bridgehead atoms. The van der Waals surface area contributed by atoms with Crippen molar-refractivity contribution in [2.75, 3.05) is 6.54 Å². The molecule has 3 rings (SSSR count). The van der Waals surface area contributed by atoms with Crippen molar-refractivity contribution < 1.29 is 9.90 Å². The summed E-state index contributed by atoms with van der Waals surface area (Å²) in [5.74, 6) is -0.430. The van der Waals surface area contributed by atoms with Crippen LogP contribution in [0.4, 0.5) is 0 Å². The molecule has 94 valence electrons. The van der Waals surface area contributed by atoms with E-state index < -0.39 is 5.97 Å². The number of aliphatic carboxylic acids is 1. The highest BCUT2D eigenvalue weighted by atomic mass is 16.4. The second kappa shape index (κ2) is 4.34. The zero-order valence-corrected chi connectivity index (χ0v) is 9.63. The topological polar surface area (TPSA) is 104 Å². The first-order valence-corrected chi connectivity index (χ1v) is 5.86. The molecule has 1 saturated heterocycles. The van der Waals surface area contributed by atoms with Crippen LogP contribution in [0.3, 0.4) is 0 Å². The van der Waals surface area contributed by atoms with E-state index in [0.717, 1.165) is 11.0 Å². The molecular formula is C11H13N5O2. The quantitative estimate of drug-likeness (QED) is 0.713. The van der Waals surface area contributed by atoms with Crippen molar-refractivity contribution in [3.05, 3.63) is 18.2 Å². The van der Waals surface area contributed by atoms with Gasteiger partial charge in [0.15, 0.2) is 0 Å². The van der Waals surface area contributed by atoms with Crippen LogP contribution in [-0.2, 0) is 4.79 Å². The minimum atomic E-state index is -0.745. The van der Waals surface area contributed by atoms with Crippen LogP contribution in [0.2, 0.25) is 0 Å². The largest absolute Gasteiger partial charge is 0.481 e. The number of hydrogen-bond acceptors (Lipinski definition) is 5. The third-order valence-corrected chi connectivity index (χ3v) is 3.27. The van der Waals surface area contributed by atoms with Gasteiger partial charge in [-0.25, -0.2) is 9.97 Å². The van der Waals surface area contributed by atoms with Crippen molar-refractivity contribution in [1.82, 2.24) is 25.5 Å². The average Bonchev–Trinajstić information content (AvgIpc) is 2.86. The van der Waals surface area contributed by atoms with Gasteiger partial charge in [-0.1, -0.05) is 0 Å². The maximum absolute atomic E-state index is 11.0. The van der Waals surface area contributed by atoms with Gasteiger partial charge in [-0.3, -0.25) is 9.89 Å². The molecule has 2 atom stereocenters. The summed E-state index contributed by atoms with van der Waals surface area (Å²) in [6.45, 7) is 0.675. The molecule has 0 aliphatic carbocycles. The molecule has 7 heteroatoms. The fourth-order valence-corrected chi connectivity index (χ4v) is 2.26. The Kier molecular flexibility index (Phi) is 2.67. The lowest BCUT2D eigenvalue weighted by Crippen LogP contribution is -2.35. The molecule has 0 radical (unpaired) electrons. The minimum absolute atomic E-state index is 0.0980. The van der Waals surface area contributed by atoms with Crippen LogP contribution in [-0.4, -0.2) is 37.8 Å². The van der Waals surface area contributed by atoms with E-state index in [9.17, 15) is 4.79 Å². The van der Waals surface area contributed by atoms with E-state index in [2.05, 4.69) is 25.5 Å². The third-order valence-electron chi connectivity index (χ3n) is 3.27. The highest BCUT2D eigenvalue weighted by Crippen LogP contribution is 2.25. The number of hydrogen-bond donors (Lipinski definition) is 3. The van der Waals surface area contributed by atoms with Gasteiger partial charge in [0.25, 0.3) is 0 Å². The predicted octanol–water partition coefficient (Wildman–Crippen LogP) is 0.478. The summed E-state index contributed by atoms with van der Waals surface area (Å²) in [5, 5.41) is 19.0. The predicted molar refractivity (Wildman–Crippen MR) is 62.8 cm³/mol. The second-order valence-corrected chi connectivity index (χ2v) is 4.46. The van der Waals surface area contributed by atoms with Crippen LogP contribution < -0.4 is 5.32 Å². The van der Waals surface area contributed by atoms with Crippen LogP contribution in [0.5, 0.6) is 0 Å². The zero-order valence-electron chi connectivity index (χ0n) is 9.63. The minimum Gasteiger partial charge on any atom is -0.481 e. The molecule has 7 nitrogen and oxygen atoms in total. The lowest BCUT2D eigenvalue weighted by molar-refractivity contribution is -0.143. The van der Waals surface area contributed by atoms with Gasteiger partial charge in [-0.2, -0.15) is 5.10 Å². The molecule has 1 aliphatic heterocycles. The summed E-state index contributed by atoms with van der Waals surface area (Å²) in [7, 11) is 0. The Morgan fingerprint density at radius 2 is 2.33 bits per heavy atom. The summed E-state index contributed by atoms with van der Waals surface area (Å²) in [5.41, 5.74) is 1.53. The summed E-state index contributed by atoms with van der Waals surface area (Å²) in [6, 6.07) is -0.0980. The SMILES string of the molecule is O=C(O)C1CCNC(c2ncc3[nH]ncc3n2)C1. The Balaban J connectivity index is 1.86. The Bertz CT molecular complexity index is 582. The number of nitrogens with one attached hydrogen (secondary N) is 2. The van der Waals surface area contributed by atoms with Gasteiger partial charge in [-0.15, -0.1) is 0 Å². The van der Waals surface area contributed by atoms with Crippen LogP contribution in [0, 0.1) is 5.92 Å². The number of H-pyrrole nitrogens is 1.